The van der Waals surface area contributed by atoms with Crippen molar-refractivity contribution in [1.29, 1.82) is 0 Å². The smallest absolute Gasteiger partial charge is 0.356 e. The summed E-state index contributed by atoms with van der Waals surface area (Å²) in [6.07, 6.45) is 3.32. The van der Waals surface area contributed by atoms with Gasteiger partial charge < -0.3 is 15.6 Å². The number of aromatic nitrogens is 2. The molecule has 7 nitrogen and oxygen atoms in total. The van der Waals surface area contributed by atoms with Gasteiger partial charge in [-0.05, 0) is 38.1 Å². The zero-order valence-corrected chi connectivity index (χ0v) is 11.5. The van der Waals surface area contributed by atoms with Crippen LogP contribution in [0.3, 0.4) is 0 Å². The van der Waals surface area contributed by atoms with Crippen LogP contribution in [0.5, 0.6) is 0 Å². The molecule has 1 aromatic rings. The summed E-state index contributed by atoms with van der Waals surface area (Å²) in [4.78, 5) is 22.8. The SMILES string of the molecule is COC(=O)Cn1nc(C(=O)O)c2c1CCCC2CCN. The first-order valence-corrected chi connectivity index (χ1v) is 6.68. The van der Waals surface area contributed by atoms with E-state index < -0.39 is 11.9 Å². The second-order valence-electron chi connectivity index (χ2n) is 4.91. The van der Waals surface area contributed by atoms with E-state index in [1.165, 1.54) is 11.8 Å². The first-order valence-electron chi connectivity index (χ1n) is 6.68. The Morgan fingerprint density at radius 2 is 2.30 bits per heavy atom. The monoisotopic (exact) mass is 281 g/mol. The van der Waals surface area contributed by atoms with Crippen LogP contribution in [0.4, 0.5) is 0 Å². The average Bonchev–Trinajstić information content (AvgIpc) is 2.79. The van der Waals surface area contributed by atoms with Crippen LogP contribution in [0.15, 0.2) is 0 Å². The van der Waals surface area contributed by atoms with Crippen molar-refractivity contribution in [3.63, 3.8) is 0 Å². The number of hydrogen-bond donors (Lipinski definition) is 2. The van der Waals surface area contributed by atoms with Crippen molar-refractivity contribution in [3.8, 4) is 0 Å². The molecule has 0 aliphatic heterocycles. The molecule has 1 aliphatic rings. The van der Waals surface area contributed by atoms with Gasteiger partial charge in [0.15, 0.2) is 5.69 Å². The third kappa shape index (κ3) is 2.67. The highest BCUT2D eigenvalue weighted by atomic mass is 16.5. The molecule has 20 heavy (non-hydrogen) atoms. The van der Waals surface area contributed by atoms with Crippen molar-refractivity contribution in [1.82, 2.24) is 9.78 Å². The second-order valence-corrected chi connectivity index (χ2v) is 4.91. The summed E-state index contributed by atoms with van der Waals surface area (Å²) < 4.78 is 6.09. The van der Waals surface area contributed by atoms with Crippen LogP contribution in [0.1, 0.15) is 46.9 Å². The number of hydrogen-bond acceptors (Lipinski definition) is 5. The molecule has 0 aromatic carbocycles. The van der Waals surface area contributed by atoms with Crippen molar-refractivity contribution in [2.24, 2.45) is 5.73 Å². The summed E-state index contributed by atoms with van der Waals surface area (Å²) >= 11 is 0. The third-order valence-corrected chi connectivity index (χ3v) is 3.70. The summed E-state index contributed by atoms with van der Waals surface area (Å²) in [5, 5.41) is 13.4. The van der Waals surface area contributed by atoms with Crippen LogP contribution in [0, 0.1) is 0 Å². The Balaban J connectivity index is 2.44. The molecule has 0 amide bonds. The number of ether oxygens (including phenoxy) is 1. The highest BCUT2D eigenvalue weighted by Gasteiger charge is 2.31. The van der Waals surface area contributed by atoms with Crippen molar-refractivity contribution in [2.45, 2.75) is 38.1 Å². The van der Waals surface area contributed by atoms with Gasteiger partial charge >= 0.3 is 11.9 Å². The number of esters is 1. The predicted octanol–water partition coefficient (Wildman–Crippen LogP) is 0.523. The molecule has 0 fully saturated rings. The van der Waals surface area contributed by atoms with Crippen LogP contribution in [0.2, 0.25) is 0 Å². The van der Waals surface area contributed by atoms with Crippen LogP contribution in [-0.2, 0) is 22.5 Å². The van der Waals surface area contributed by atoms with Gasteiger partial charge in [-0.15, -0.1) is 0 Å². The van der Waals surface area contributed by atoms with Gasteiger partial charge in [-0.3, -0.25) is 9.48 Å². The highest BCUT2D eigenvalue weighted by Crippen LogP contribution is 2.36. The molecule has 1 aromatic heterocycles. The van der Waals surface area contributed by atoms with Gasteiger partial charge in [0.1, 0.15) is 6.54 Å². The number of carbonyl (C=O) groups is 2. The van der Waals surface area contributed by atoms with Crippen LogP contribution < -0.4 is 5.73 Å². The molecule has 3 N–H and O–H groups in total. The maximum Gasteiger partial charge on any atom is 0.356 e. The lowest BCUT2D eigenvalue weighted by Gasteiger charge is -2.23. The van der Waals surface area contributed by atoms with Crippen LogP contribution in [-0.4, -0.2) is 40.5 Å². The summed E-state index contributed by atoms with van der Waals surface area (Å²) in [6, 6.07) is 0. The van der Waals surface area contributed by atoms with E-state index in [4.69, 9.17) is 5.73 Å². The molecule has 1 unspecified atom stereocenters. The third-order valence-electron chi connectivity index (χ3n) is 3.70. The lowest BCUT2D eigenvalue weighted by molar-refractivity contribution is -0.141. The van der Waals surface area contributed by atoms with E-state index in [0.29, 0.717) is 6.54 Å². The van der Waals surface area contributed by atoms with Gasteiger partial charge in [0.2, 0.25) is 0 Å². The van der Waals surface area contributed by atoms with E-state index in [1.54, 1.807) is 0 Å². The Kier molecular flexibility index (Phi) is 4.39. The summed E-state index contributed by atoms with van der Waals surface area (Å²) in [6.45, 7) is 0.451. The van der Waals surface area contributed by atoms with Crippen LogP contribution in [0.25, 0.3) is 0 Å². The number of carboxylic acid groups (broad SMARTS) is 1. The maximum atomic E-state index is 11.4. The van der Waals surface area contributed by atoms with E-state index in [-0.39, 0.29) is 18.2 Å². The topological polar surface area (TPSA) is 107 Å². The Bertz CT molecular complexity index is 524. The van der Waals surface area contributed by atoms with Crippen LogP contribution >= 0.6 is 0 Å². The molecule has 7 heteroatoms. The molecular weight excluding hydrogens is 262 g/mol. The molecule has 1 aliphatic carbocycles. The first kappa shape index (κ1) is 14.5. The molecule has 1 heterocycles. The van der Waals surface area contributed by atoms with Crippen molar-refractivity contribution >= 4 is 11.9 Å². The minimum atomic E-state index is -1.06. The normalized spacial score (nSPS) is 17.6. The number of methoxy groups -OCH3 is 1. The van der Waals surface area contributed by atoms with Gasteiger partial charge in [0.25, 0.3) is 0 Å². The van der Waals surface area contributed by atoms with Gasteiger partial charge in [-0.2, -0.15) is 5.10 Å². The molecule has 2 rings (SSSR count). The number of nitrogens with zero attached hydrogens (tertiary/aromatic N) is 2. The highest BCUT2D eigenvalue weighted by molar-refractivity contribution is 5.88. The summed E-state index contributed by atoms with van der Waals surface area (Å²) in [7, 11) is 1.30. The zero-order valence-electron chi connectivity index (χ0n) is 11.5. The van der Waals surface area contributed by atoms with Gasteiger partial charge in [0.05, 0.1) is 7.11 Å². The number of fused-ring (bicyclic) bond motifs is 1. The van der Waals surface area contributed by atoms with Gasteiger partial charge in [-0.25, -0.2) is 4.79 Å². The number of carboxylic acids is 1. The number of rotatable bonds is 5. The van der Waals surface area contributed by atoms with E-state index in [0.717, 1.165) is 36.9 Å². The molecule has 0 radical (unpaired) electrons. The lowest BCUT2D eigenvalue weighted by Crippen LogP contribution is -2.19. The van der Waals surface area contributed by atoms with E-state index in [1.807, 2.05) is 0 Å². The van der Waals surface area contributed by atoms with Crippen molar-refractivity contribution in [2.75, 3.05) is 13.7 Å². The Morgan fingerprint density at radius 3 is 2.90 bits per heavy atom. The zero-order chi connectivity index (χ0) is 14.7. The molecule has 0 spiro atoms. The number of aromatic carboxylic acids is 1. The predicted molar refractivity (Wildman–Crippen MR) is 70.6 cm³/mol. The average molecular weight is 281 g/mol. The van der Waals surface area contributed by atoms with E-state index in [2.05, 4.69) is 9.84 Å². The molecule has 0 bridgehead atoms. The summed E-state index contributed by atoms with van der Waals surface area (Å²) in [5.74, 6) is -1.39. The Morgan fingerprint density at radius 1 is 1.55 bits per heavy atom. The van der Waals surface area contributed by atoms with Crippen molar-refractivity contribution in [3.05, 3.63) is 17.0 Å². The molecule has 0 saturated carbocycles. The molecule has 1 atom stereocenters. The fraction of sp³-hybridized carbons (Fsp3) is 0.615. The summed E-state index contributed by atoms with van der Waals surface area (Å²) in [5.41, 5.74) is 7.23. The standard InChI is InChI=1S/C13H19N3O4/c1-20-10(17)7-16-9-4-2-3-8(5-6-14)11(9)12(15-16)13(18)19/h8H,2-7,14H2,1H3,(H,18,19). The minimum absolute atomic E-state index is 0.0436. The minimum Gasteiger partial charge on any atom is -0.476 e. The first-order chi connectivity index (χ1) is 9.58. The van der Waals surface area contributed by atoms with Gasteiger partial charge in [0, 0.05) is 11.3 Å². The number of nitrogens with two attached hydrogens (primary N) is 1. The van der Waals surface area contributed by atoms with E-state index >= 15 is 0 Å². The molecule has 0 saturated heterocycles. The van der Waals surface area contributed by atoms with Crippen molar-refractivity contribution < 1.29 is 19.4 Å². The van der Waals surface area contributed by atoms with Gasteiger partial charge in [-0.1, -0.05) is 0 Å². The molecule has 110 valence electrons. The lowest BCUT2D eigenvalue weighted by atomic mass is 9.83. The largest absolute Gasteiger partial charge is 0.476 e. The fourth-order valence-electron chi connectivity index (χ4n) is 2.83. The van der Waals surface area contributed by atoms with E-state index in [9.17, 15) is 14.7 Å². The Hall–Kier alpha value is -1.89. The maximum absolute atomic E-state index is 11.4. The number of carbonyl (C=O) groups excluding carboxylic acids is 1. The molecular formula is C13H19N3O4. The quantitative estimate of drug-likeness (QED) is 0.762. The fourth-order valence-corrected chi connectivity index (χ4v) is 2.83. The second kappa shape index (κ2) is 6.04. The Labute approximate surface area is 116 Å².